The number of H-pyrrole nitrogens is 1. The minimum atomic E-state index is -1.03. The van der Waals surface area contributed by atoms with Gasteiger partial charge in [0.25, 0.3) is 0 Å². The molecule has 0 fully saturated rings. The number of aryl methyl sites for hydroxylation is 2. The first-order valence-corrected chi connectivity index (χ1v) is 6.10. The van der Waals surface area contributed by atoms with Crippen molar-refractivity contribution in [3.8, 4) is 5.69 Å². The number of nitrogens with one attached hydrogen (secondary N) is 1. The van der Waals surface area contributed by atoms with E-state index in [1.807, 2.05) is 0 Å². The number of aromatic nitrogens is 4. The Labute approximate surface area is 116 Å². The Balaban J connectivity index is 2.47. The Kier molecular flexibility index (Phi) is 2.72. The van der Waals surface area contributed by atoms with Gasteiger partial charge >= 0.3 is 0 Å². The van der Waals surface area contributed by atoms with Gasteiger partial charge in [0.2, 0.25) is 0 Å². The van der Waals surface area contributed by atoms with Crippen LogP contribution in [0.4, 0.5) is 13.2 Å². The van der Waals surface area contributed by atoms with E-state index in [0.29, 0.717) is 29.0 Å². The molecular weight excluding hydrogens is 289 g/mol. The van der Waals surface area contributed by atoms with Gasteiger partial charge in [-0.1, -0.05) is 0 Å². The summed E-state index contributed by atoms with van der Waals surface area (Å²) < 4.78 is 43.6. The summed E-state index contributed by atoms with van der Waals surface area (Å²) in [5, 5.41) is 4.15. The third kappa shape index (κ3) is 1.68. The summed E-state index contributed by atoms with van der Waals surface area (Å²) in [6.07, 6.45) is 0. The van der Waals surface area contributed by atoms with Gasteiger partial charge in [0.05, 0.1) is 5.69 Å². The quantitative estimate of drug-likeness (QED) is 0.701. The predicted octanol–water partition coefficient (Wildman–Crippen LogP) is 3.15. The van der Waals surface area contributed by atoms with Crippen LogP contribution in [0.5, 0.6) is 0 Å². The van der Waals surface area contributed by atoms with Gasteiger partial charge in [0.1, 0.15) is 17.0 Å². The molecule has 0 unspecified atom stereocenters. The number of benzene rings is 1. The second-order valence-electron chi connectivity index (χ2n) is 4.39. The standard InChI is InChI=1S/C12H9F3N4S/c1-5-9-11(18(2)17-5)19(12(20)16-9)10-7(14)3-6(13)4-8(10)15/h3-4H,1-2H3,(H,16,20). The molecule has 1 N–H and O–H groups in total. The van der Waals surface area contributed by atoms with Crippen molar-refractivity contribution >= 4 is 23.4 Å². The maximum atomic E-state index is 13.9. The molecule has 0 saturated carbocycles. The van der Waals surface area contributed by atoms with Gasteiger partial charge in [0, 0.05) is 19.2 Å². The summed E-state index contributed by atoms with van der Waals surface area (Å²) in [6, 6.07) is 1.23. The van der Waals surface area contributed by atoms with Crippen molar-refractivity contribution in [3.63, 3.8) is 0 Å². The summed E-state index contributed by atoms with van der Waals surface area (Å²) >= 11 is 5.10. The molecule has 20 heavy (non-hydrogen) atoms. The van der Waals surface area contributed by atoms with Crippen molar-refractivity contribution in [1.29, 1.82) is 0 Å². The molecule has 2 aromatic heterocycles. The van der Waals surface area contributed by atoms with Crippen LogP contribution in [0.2, 0.25) is 0 Å². The first-order chi connectivity index (χ1) is 9.40. The fraction of sp³-hybridized carbons (Fsp3) is 0.167. The zero-order valence-electron chi connectivity index (χ0n) is 10.5. The number of fused-ring (bicyclic) bond motifs is 1. The smallest absolute Gasteiger partial charge is 0.184 e. The topological polar surface area (TPSA) is 38.5 Å². The Morgan fingerprint density at radius 1 is 1.20 bits per heavy atom. The SMILES string of the molecule is Cc1nn(C)c2c1[nH]c(=S)n2-c1c(F)cc(F)cc1F. The third-order valence-electron chi connectivity index (χ3n) is 3.04. The van der Waals surface area contributed by atoms with Crippen molar-refractivity contribution in [2.45, 2.75) is 6.92 Å². The summed E-state index contributed by atoms with van der Waals surface area (Å²) in [5.74, 6) is -3.04. The van der Waals surface area contributed by atoms with Crippen LogP contribution in [-0.2, 0) is 7.05 Å². The molecule has 0 atom stereocenters. The van der Waals surface area contributed by atoms with E-state index in [9.17, 15) is 13.2 Å². The number of rotatable bonds is 1. The normalized spacial score (nSPS) is 11.4. The monoisotopic (exact) mass is 298 g/mol. The number of hydrogen-bond donors (Lipinski definition) is 1. The van der Waals surface area contributed by atoms with Crippen molar-refractivity contribution in [2.75, 3.05) is 0 Å². The highest BCUT2D eigenvalue weighted by Crippen LogP contribution is 2.25. The van der Waals surface area contributed by atoms with Crippen LogP contribution in [0.3, 0.4) is 0 Å². The van der Waals surface area contributed by atoms with E-state index >= 15 is 0 Å². The molecule has 8 heteroatoms. The Bertz CT molecular complexity index is 867. The highest BCUT2D eigenvalue weighted by molar-refractivity contribution is 7.71. The minimum absolute atomic E-state index is 0.112. The Hall–Kier alpha value is -2.09. The molecule has 3 aromatic rings. The summed E-state index contributed by atoms with van der Waals surface area (Å²) in [5.41, 5.74) is 1.22. The van der Waals surface area contributed by atoms with Gasteiger partial charge in [-0.05, 0) is 19.1 Å². The summed E-state index contributed by atoms with van der Waals surface area (Å²) in [6.45, 7) is 1.75. The number of imidazole rings is 1. The van der Waals surface area contributed by atoms with E-state index < -0.39 is 23.1 Å². The molecule has 0 spiro atoms. The first-order valence-electron chi connectivity index (χ1n) is 5.69. The van der Waals surface area contributed by atoms with E-state index in [2.05, 4.69) is 10.1 Å². The first kappa shape index (κ1) is 12.9. The summed E-state index contributed by atoms with van der Waals surface area (Å²) in [7, 11) is 1.63. The highest BCUT2D eigenvalue weighted by Gasteiger charge is 2.20. The van der Waals surface area contributed by atoms with Crippen molar-refractivity contribution < 1.29 is 13.2 Å². The lowest BCUT2D eigenvalue weighted by atomic mass is 10.2. The summed E-state index contributed by atoms with van der Waals surface area (Å²) in [4.78, 5) is 2.85. The molecule has 2 heterocycles. The van der Waals surface area contributed by atoms with Crippen LogP contribution >= 0.6 is 12.2 Å². The van der Waals surface area contributed by atoms with Gasteiger partial charge in [-0.3, -0.25) is 4.57 Å². The van der Waals surface area contributed by atoms with Gasteiger partial charge in [-0.25, -0.2) is 17.9 Å². The number of halogens is 3. The van der Waals surface area contributed by atoms with Crippen LogP contribution in [0.25, 0.3) is 16.9 Å². The van der Waals surface area contributed by atoms with E-state index in [4.69, 9.17) is 12.2 Å². The lowest BCUT2D eigenvalue weighted by Crippen LogP contribution is -2.06. The molecule has 0 aliphatic carbocycles. The lowest BCUT2D eigenvalue weighted by Gasteiger charge is -2.08. The zero-order valence-corrected chi connectivity index (χ0v) is 11.4. The average molecular weight is 298 g/mol. The average Bonchev–Trinajstić information content (AvgIpc) is 2.78. The molecule has 0 aliphatic rings. The maximum absolute atomic E-state index is 13.9. The van der Waals surface area contributed by atoms with E-state index in [-0.39, 0.29) is 4.77 Å². The minimum Gasteiger partial charge on any atom is -0.327 e. The fourth-order valence-electron chi connectivity index (χ4n) is 2.26. The molecular formula is C12H9F3N4S. The van der Waals surface area contributed by atoms with Crippen LogP contribution in [0, 0.1) is 29.1 Å². The Morgan fingerprint density at radius 3 is 2.40 bits per heavy atom. The van der Waals surface area contributed by atoms with Gasteiger partial charge in [-0.2, -0.15) is 5.10 Å². The van der Waals surface area contributed by atoms with E-state index in [1.165, 1.54) is 9.25 Å². The van der Waals surface area contributed by atoms with E-state index in [0.717, 1.165) is 0 Å². The molecule has 3 rings (SSSR count). The largest absolute Gasteiger partial charge is 0.327 e. The lowest BCUT2D eigenvalue weighted by molar-refractivity contribution is 0.533. The molecule has 0 aliphatic heterocycles. The second kappa shape index (κ2) is 4.20. The van der Waals surface area contributed by atoms with Gasteiger partial charge in [-0.15, -0.1) is 0 Å². The van der Waals surface area contributed by atoms with Crippen molar-refractivity contribution in [2.24, 2.45) is 7.05 Å². The molecule has 1 aromatic carbocycles. The zero-order chi connectivity index (χ0) is 14.6. The fourth-order valence-corrected chi connectivity index (χ4v) is 2.54. The molecule has 0 saturated heterocycles. The van der Waals surface area contributed by atoms with Gasteiger partial charge in [0.15, 0.2) is 22.1 Å². The van der Waals surface area contributed by atoms with Crippen LogP contribution in [0.15, 0.2) is 12.1 Å². The molecule has 0 bridgehead atoms. The second-order valence-corrected chi connectivity index (χ2v) is 4.78. The van der Waals surface area contributed by atoms with Crippen LogP contribution < -0.4 is 0 Å². The molecule has 0 radical (unpaired) electrons. The maximum Gasteiger partial charge on any atom is 0.184 e. The molecule has 104 valence electrons. The number of aromatic amines is 1. The van der Waals surface area contributed by atoms with E-state index in [1.54, 1.807) is 14.0 Å². The Morgan fingerprint density at radius 2 is 1.80 bits per heavy atom. The van der Waals surface area contributed by atoms with Crippen molar-refractivity contribution in [1.82, 2.24) is 19.3 Å². The van der Waals surface area contributed by atoms with Crippen LogP contribution in [-0.4, -0.2) is 19.3 Å². The number of nitrogens with zero attached hydrogens (tertiary/aromatic N) is 3. The van der Waals surface area contributed by atoms with Crippen molar-refractivity contribution in [3.05, 3.63) is 40.0 Å². The number of hydrogen-bond acceptors (Lipinski definition) is 2. The highest BCUT2D eigenvalue weighted by atomic mass is 32.1. The van der Waals surface area contributed by atoms with Crippen LogP contribution in [0.1, 0.15) is 5.69 Å². The van der Waals surface area contributed by atoms with Gasteiger partial charge < -0.3 is 4.98 Å². The third-order valence-corrected chi connectivity index (χ3v) is 3.33. The predicted molar refractivity (Wildman–Crippen MR) is 69.8 cm³/mol. The molecule has 0 amide bonds. The molecule has 4 nitrogen and oxygen atoms in total.